The number of hydrogen-bond acceptors (Lipinski definition) is 3. The summed E-state index contributed by atoms with van der Waals surface area (Å²) in [6.07, 6.45) is 4.18. The number of nitrogens with two attached hydrogens (primary N) is 1. The third-order valence-corrected chi connectivity index (χ3v) is 5.79. The van der Waals surface area contributed by atoms with E-state index in [4.69, 9.17) is 5.84 Å². The van der Waals surface area contributed by atoms with Crippen LogP contribution in [0.2, 0.25) is 0 Å². The van der Waals surface area contributed by atoms with Crippen molar-refractivity contribution in [1.82, 2.24) is 10.3 Å². The van der Waals surface area contributed by atoms with E-state index in [1.165, 1.54) is 25.0 Å². The number of halogens is 3. The van der Waals surface area contributed by atoms with Gasteiger partial charge < -0.3 is 4.90 Å². The molecular weight excluding hydrogens is 340 g/mol. The Morgan fingerprint density at radius 2 is 1.90 bits per heavy atom. The van der Waals surface area contributed by atoms with E-state index < -0.39 is 17.7 Å². The first-order valence-corrected chi connectivity index (χ1v) is 8.13. The topological polar surface area (TPSA) is 41.3 Å². The highest BCUT2D eigenvalue weighted by Gasteiger charge is 2.42. The smallest absolute Gasteiger partial charge is 0.145 e. The van der Waals surface area contributed by atoms with Crippen molar-refractivity contribution in [3.05, 3.63) is 33.8 Å². The first kappa shape index (κ1) is 15.3. The molecule has 2 heterocycles. The molecule has 3 N–H and O–H groups in total. The maximum absolute atomic E-state index is 14.3. The lowest BCUT2D eigenvalue weighted by atomic mass is 9.82. The van der Waals surface area contributed by atoms with Crippen LogP contribution >= 0.6 is 15.9 Å². The lowest BCUT2D eigenvalue weighted by molar-refractivity contribution is 0.110. The number of hydrazine groups is 1. The third kappa shape index (κ3) is 2.63. The first-order chi connectivity index (χ1) is 10.0. The predicted octanol–water partition coefficient (Wildman–Crippen LogP) is 3.10. The average Bonchev–Trinajstić information content (AvgIpc) is 2.69. The molecule has 6 heteroatoms. The maximum Gasteiger partial charge on any atom is 0.145 e. The van der Waals surface area contributed by atoms with Gasteiger partial charge in [0, 0.05) is 17.6 Å². The van der Waals surface area contributed by atoms with E-state index in [0.29, 0.717) is 12.1 Å². The summed E-state index contributed by atoms with van der Waals surface area (Å²) in [4.78, 5) is 2.40. The highest BCUT2D eigenvalue weighted by atomic mass is 79.9. The van der Waals surface area contributed by atoms with Crippen LogP contribution in [-0.2, 0) is 0 Å². The quantitative estimate of drug-likeness (QED) is 0.495. The predicted molar refractivity (Wildman–Crippen MR) is 81.4 cm³/mol. The molecular formula is C15H20BrF2N3. The van der Waals surface area contributed by atoms with Gasteiger partial charge in [0.15, 0.2) is 0 Å². The largest absolute Gasteiger partial charge is 0.300 e. The number of fused-ring (bicyclic) bond motifs is 2. The van der Waals surface area contributed by atoms with Gasteiger partial charge in [-0.1, -0.05) is 0 Å². The summed E-state index contributed by atoms with van der Waals surface area (Å²) >= 11 is 3.13. The van der Waals surface area contributed by atoms with Gasteiger partial charge in [0.05, 0.1) is 10.5 Å². The maximum atomic E-state index is 14.3. The molecule has 3 nitrogen and oxygen atoms in total. The zero-order chi connectivity index (χ0) is 15.1. The molecule has 3 unspecified atom stereocenters. The molecule has 0 saturated carbocycles. The Hall–Kier alpha value is -0.560. The molecule has 1 aromatic carbocycles. The monoisotopic (exact) mass is 359 g/mol. The zero-order valence-corrected chi connectivity index (χ0v) is 13.5. The van der Waals surface area contributed by atoms with Gasteiger partial charge in [0.1, 0.15) is 11.6 Å². The minimum atomic E-state index is -0.552. The number of rotatable bonds is 3. The fourth-order valence-electron chi connectivity index (χ4n) is 4.01. The zero-order valence-electron chi connectivity index (χ0n) is 12.0. The van der Waals surface area contributed by atoms with Crippen LogP contribution in [0.5, 0.6) is 0 Å². The van der Waals surface area contributed by atoms with Crippen molar-refractivity contribution in [3.8, 4) is 0 Å². The van der Waals surface area contributed by atoms with Crippen LogP contribution in [0.1, 0.15) is 37.3 Å². The van der Waals surface area contributed by atoms with Crippen molar-refractivity contribution in [3.63, 3.8) is 0 Å². The van der Waals surface area contributed by atoms with Gasteiger partial charge in [-0.05, 0) is 66.7 Å². The molecule has 2 saturated heterocycles. The summed E-state index contributed by atoms with van der Waals surface area (Å²) in [6.45, 7) is 0. The van der Waals surface area contributed by atoms with E-state index in [-0.39, 0.29) is 16.0 Å². The summed E-state index contributed by atoms with van der Waals surface area (Å²) in [7, 11) is 2.14. The van der Waals surface area contributed by atoms with E-state index in [1.54, 1.807) is 0 Å². The lowest BCUT2D eigenvalue weighted by Crippen LogP contribution is -2.45. The van der Waals surface area contributed by atoms with Crippen LogP contribution < -0.4 is 11.3 Å². The van der Waals surface area contributed by atoms with E-state index in [1.807, 2.05) is 0 Å². The molecule has 0 aromatic heterocycles. The lowest BCUT2D eigenvalue weighted by Gasteiger charge is -2.39. The molecule has 0 radical (unpaired) electrons. The summed E-state index contributed by atoms with van der Waals surface area (Å²) < 4.78 is 28.8. The average molecular weight is 360 g/mol. The van der Waals surface area contributed by atoms with Gasteiger partial charge in [-0.3, -0.25) is 11.3 Å². The highest BCUT2D eigenvalue weighted by Crippen LogP contribution is 2.43. The van der Waals surface area contributed by atoms with Gasteiger partial charge >= 0.3 is 0 Å². The number of piperidine rings is 1. The Kier molecular flexibility index (Phi) is 4.32. The normalized spacial score (nSPS) is 30.6. The molecule has 3 rings (SSSR count). The van der Waals surface area contributed by atoms with Crippen molar-refractivity contribution in [2.45, 2.75) is 43.8 Å². The van der Waals surface area contributed by atoms with Crippen LogP contribution in [0.3, 0.4) is 0 Å². The Morgan fingerprint density at radius 1 is 1.29 bits per heavy atom. The minimum absolute atomic E-state index is 0.0563. The molecule has 116 valence electrons. The van der Waals surface area contributed by atoms with Crippen LogP contribution in [0.4, 0.5) is 8.78 Å². The molecule has 2 bridgehead atoms. The second-order valence-electron chi connectivity index (χ2n) is 6.18. The molecule has 0 amide bonds. The van der Waals surface area contributed by atoms with Gasteiger partial charge in [-0.15, -0.1) is 0 Å². The van der Waals surface area contributed by atoms with Crippen molar-refractivity contribution in [2.24, 2.45) is 11.8 Å². The Morgan fingerprint density at radius 3 is 2.48 bits per heavy atom. The molecule has 21 heavy (non-hydrogen) atoms. The summed E-state index contributed by atoms with van der Waals surface area (Å²) in [5.41, 5.74) is 2.72. The molecule has 0 spiro atoms. The molecule has 0 aliphatic carbocycles. The van der Waals surface area contributed by atoms with E-state index >= 15 is 0 Å². The molecule has 2 aliphatic rings. The van der Waals surface area contributed by atoms with Gasteiger partial charge in [0.2, 0.25) is 0 Å². The third-order valence-electron chi connectivity index (χ3n) is 5.18. The number of nitrogens with one attached hydrogen (secondary N) is 1. The van der Waals surface area contributed by atoms with Crippen LogP contribution in [0.25, 0.3) is 0 Å². The molecule has 2 fully saturated rings. The Bertz CT molecular complexity index is 526. The SMILES string of the molecule is CN1C2CCC1CC(C(NN)c1c(F)ccc(Br)c1F)C2. The van der Waals surface area contributed by atoms with Crippen molar-refractivity contribution in [2.75, 3.05) is 7.05 Å². The Labute approximate surface area is 132 Å². The van der Waals surface area contributed by atoms with Crippen LogP contribution in [0.15, 0.2) is 16.6 Å². The number of nitrogens with zero attached hydrogens (tertiary/aromatic N) is 1. The number of benzene rings is 1. The second kappa shape index (κ2) is 5.91. The van der Waals surface area contributed by atoms with Crippen molar-refractivity contribution < 1.29 is 8.78 Å². The standard InChI is InChI=1S/C15H20BrF2N3/c1-21-9-2-3-10(21)7-8(6-9)15(20-19)13-12(17)5-4-11(16)14(13)18/h4-5,8-10,15,20H,2-3,6-7,19H2,1H3. The van der Waals surface area contributed by atoms with Crippen molar-refractivity contribution in [1.29, 1.82) is 0 Å². The van der Waals surface area contributed by atoms with Gasteiger partial charge in [-0.2, -0.15) is 0 Å². The fourth-order valence-corrected chi connectivity index (χ4v) is 4.35. The molecule has 3 atom stereocenters. The van der Waals surface area contributed by atoms with Crippen LogP contribution in [-0.4, -0.2) is 24.0 Å². The molecule has 2 aliphatic heterocycles. The first-order valence-electron chi connectivity index (χ1n) is 7.34. The summed E-state index contributed by atoms with van der Waals surface area (Å²) in [5, 5.41) is 0. The highest BCUT2D eigenvalue weighted by molar-refractivity contribution is 9.10. The van der Waals surface area contributed by atoms with E-state index in [9.17, 15) is 8.78 Å². The van der Waals surface area contributed by atoms with Crippen LogP contribution in [0, 0.1) is 17.6 Å². The Balaban J connectivity index is 1.91. The summed E-state index contributed by atoms with van der Waals surface area (Å²) in [5.74, 6) is 4.72. The van der Waals surface area contributed by atoms with E-state index in [2.05, 4.69) is 33.3 Å². The van der Waals surface area contributed by atoms with E-state index in [0.717, 1.165) is 12.8 Å². The number of hydrogen-bond donors (Lipinski definition) is 2. The summed E-state index contributed by atoms with van der Waals surface area (Å²) in [6, 6.07) is 3.20. The molecule has 1 aromatic rings. The fraction of sp³-hybridized carbons (Fsp3) is 0.600. The van der Waals surface area contributed by atoms with Crippen molar-refractivity contribution >= 4 is 15.9 Å². The second-order valence-corrected chi connectivity index (χ2v) is 7.04. The van der Waals surface area contributed by atoms with Gasteiger partial charge in [0.25, 0.3) is 0 Å². The van der Waals surface area contributed by atoms with Gasteiger partial charge in [-0.25, -0.2) is 8.78 Å². The minimum Gasteiger partial charge on any atom is -0.300 e.